The topological polar surface area (TPSA) is 38.8 Å². The summed E-state index contributed by atoms with van der Waals surface area (Å²) in [4.78, 5) is 15.4. The van der Waals surface area contributed by atoms with Crippen LogP contribution in [0.2, 0.25) is 0 Å². The monoisotopic (exact) mass is 413 g/mol. The van der Waals surface area contributed by atoms with Gasteiger partial charge in [0, 0.05) is 31.5 Å². The molecule has 4 nitrogen and oxygen atoms in total. The molecule has 1 aromatic carbocycles. The first-order valence-corrected chi connectivity index (χ1v) is 11.6. The molecule has 1 aromatic heterocycles. The molecule has 1 atom stereocenters. The lowest BCUT2D eigenvalue weighted by molar-refractivity contribution is -0.146. The standard InChI is InChI=1S/C24H31NO3S/c1-24(2)15-20(9-12-28-24)23(26)25(21-6-7-21)16-19-4-3-5-22(14-19)27-11-8-18-10-13-29-17-18/h3-5,10,13-14,17,20-21H,6-9,11-12,15-16H2,1-2H3/t20-/m1/s1. The van der Waals surface area contributed by atoms with Gasteiger partial charge in [0.2, 0.25) is 5.91 Å². The number of carbonyl (C=O) groups is 1. The van der Waals surface area contributed by atoms with Crippen LogP contribution < -0.4 is 4.74 Å². The highest BCUT2D eigenvalue weighted by molar-refractivity contribution is 7.07. The molecule has 29 heavy (non-hydrogen) atoms. The Balaban J connectivity index is 1.37. The summed E-state index contributed by atoms with van der Waals surface area (Å²) in [5.41, 5.74) is 2.25. The molecule has 1 aliphatic heterocycles. The first-order valence-electron chi connectivity index (χ1n) is 10.7. The minimum absolute atomic E-state index is 0.0735. The van der Waals surface area contributed by atoms with E-state index in [4.69, 9.17) is 9.47 Å². The van der Waals surface area contributed by atoms with Crippen LogP contribution >= 0.6 is 11.3 Å². The maximum Gasteiger partial charge on any atom is 0.226 e. The Hall–Kier alpha value is -1.85. The Morgan fingerprint density at radius 1 is 1.24 bits per heavy atom. The Kier molecular flexibility index (Phi) is 6.26. The van der Waals surface area contributed by atoms with Crippen LogP contribution in [0, 0.1) is 5.92 Å². The van der Waals surface area contributed by atoms with Crippen molar-refractivity contribution in [2.75, 3.05) is 13.2 Å². The van der Waals surface area contributed by atoms with Crippen LogP contribution in [0.1, 0.15) is 50.7 Å². The van der Waals surface area contributed by atoms with Crippen molar-refractivity contribution < 1.29 is 14.3 Å². The van der Waals surface area contributed by atoms with Gasteiger partial charge >= 0.3 is 0 Å². The summed E-state index contributed by atoms with van der Waals surface area (Å²) in [7, 11) is 0. The number of ether oxygens (including phenoxy) is 2. The van der Waals surface area contributed by atoms with Gasteiger partial charge in [-0.3, -0.25) is 4.79 Å². The number of hydrogen-bond donors (Lipinski definition) is 0. The largest absolute Gasteiger partial charge is 0.493 e. The maximum absolute atomic E-state index is 13.3. The molecule has 5 heteroatoms. The molecule has 2 aromatic rings. The van der Waals surface area contributed by atoms with Gasteiger partial charge in [-0.05, 0) is 79.6 Å². The molecule has 2 heterocycles. The lowest BCUT2D eigenvalue weighted by Crippen LogP contribution is -2.44. The average Bonchev–Trinajstić information content (AvgIpc) is 3.41. The molecule has 0 spiro atoms. The van der Waals surface area contributed by atoms with E-state index >= 15 is 0 Å². The van der Waals surface area contributed by atoms with E-state index < -0.39 is 0 Å². The lowest BCUT2D eigenvalue weighted by atomic mass is 9.87. The Morgan fingerprint density at radius 3 is 2.83 bits per heavy atom. The molecule has 0 bridgehead atoms. The zero-order valence-electron chi connectivity index (χ0n) is 17.4. The smallest absolute Gasteiger partial charge is 0.226 e. The van der Waals surface area contributed by atoms with E-state index in [2.05, 4.69) is 47.7 Å². The van der Waals surface area contributed by atoms with Crippen molar-refractivity contribution >= 4 is 17.2 Å². The van der Waals surface area contributed by atoms with Gasteiger partial charge < -0.3 is 14.4 Å². The first kappa shape index (κ1) is 20.4. The Morgan fingerprint density at radius 2 is 2.10 bits per heavy atom. The van der Waals surface area contributed by atoms with Gasteiger partial charge in [0.15, 0.2) is 0 Å². The first-order chi connectivity index (χ1) is 14.0. The zero-order chi connectivity index (χ0) is 20.3. The summed E-state index contributed by atoms with van der Waals surface area (Å²) in [6, 6.07) is 10.8. The highest BCUT2D eigenvalue weighted by Crippen LogP contribution is 2.35. The summed E-state index contributed by atoms with van der Waals surface area (Å²) >= 11 is 1.72. The third kappa shape index (κ3) is 5.61. The van der Waals surface area contributed by atoms with Gasteiger partial charge in [0.1, 0.15) is 5.75 Å². The molecule has 0 N–H and O–H groups in total. The number of hydrogen-bond acceptors (Lipinski definition) is 4. The maximum atomic E-state index is 13.3. The van der Waals surface area contributed by atoms with Crippen LogP contribution in [-0.2, 0) is 22.5 Å². The van der Waals surface area contributed by atoms with E-state index in [9.17, 15) is 4.79 Å². The van der Waals surface area contributed by atoms with Crippen molar-refractivity contribution in [2.24, 2.45) is 5.92 Å². The molecule has 1 aliphatic carbocycles. The Labute approximate surface area is 177 Å². The van der Waals surface area contributed by atoms with Crippen molar-refractivity contribution in [3.8, 4) is 5.75 Å². The van der Waals surface area contributed by atoms with Crippen molar-refractivity contribution in [3.63, 3.8) is 0 Å². The SMILES string of the molecule is CC1(C)C[C@H](C(=O)N(Cc2cccc(OCCc3ccsc3)c2)C2CC2)CCO1. The molecule has 4 rings (SSSR count). The van der Waals surface area contributed by atoms with Crippen LogP contribution in [-0.4, -0.2) is 35.7 Å². The third-order valence-electron chi connectivity index (χ3n) is 5.81. The summed E-state index contributed by atoms with van der Waals surface area (Å²) in [5, 5.41) is 4.26. The minimum Gasteiger partial charge on any atom is -0.493 e. The predicted octanol–water partition coefficient (Wildman–Crippen LogP) is 5.07. The lowest BCUT2D eigenvalue weighted by Gasteiger charge is -2.37. The van der Waals surface area contributed by atoms with Crippen LogP contribution in [0.3, 0.4) is 0 Å². The quantitative estimate of drug-likeness (QED) is 0.607. The normalized spacial score (nSPS) is 21.0. The van der Waals surface area contributed by atoms with Gasteiger partial charge in [-0.25, -0.2) is 0 Å². The fraction of sp³-hybridized carbons (Fsp3) is 0.542. The zero-order valence-corrected chi connectivity index (χ0v) is 18.2. The predicted molar refractivity (Wildman–Crippen MR) is 116 cm³/mol. The summed E-state index contributed by atoms with van der Waals surface area (Å²) < 4.78 is 11.8. The average molecular weight is 414 g/mol. The summed E-state index contributed by atoms with van der Waals surface area (Å²) in [6.45, 7) is 6.19. The number of amides is 1. The fourth-order valence-electron chi connectivity index (χ4n) is 4.10. The molecule has 2 aliphatic rings. The fourth-order valence-corrected chi connectivity index (χ4v) is 4.81. The molecule has 0 unspecified atom stereocenters. The number of rotatable bonds is 8. The van der Waals surface area contributed by atoms with Crippen molar-refractivity contribution in [1.82, 2.24) is 4.90 Å². The highest BCUT2D eigenvalue weighted by atomic mass is 32.1. The van der Waals surface area contributed by atoms with E-state index in [1.54, 1.807) is 11.3 Å². The van der Waals surface area contributed by atoms with Gasteiger partial charge in [-0.1, -0.05) is 12.1 Å². The number of thiophene rings is 1. The Bertz CT molecular complexity index is 813. The van der Waals surface area contributed by atoms with Gasteiger partial charge in [-0.2, -0.15) is 11.3 Å². The van der Waals surface area contributed by atoms with Crippen molar-refractivity contribution in [2.45, 2.75) is 64.1 Å². The molecule has 1 amide bonds. The second-order valence-electron chi connectivity index (χ2n) is 8.87. The van der Waals surface area contributed by atoms with Crippen molar-refractivity contribution in [1.29, 1.82) is 0 Å². The molecular formula is C24H31NO3S. The molecule has 156 valence electrons. The highest BCUT2D eigenvalue weighted by Gasteiger charge is 2.39. The van der Waals surface area contributed by atoms with E-state index in [1.165, 1.54) is 5.56 Å². The molecular weight excluding hydrogens is 382 g/mol. The number of benzene rings is 1. The second-order valence-corrected chi connectivity index (χ2v) is 9.65. The van der Waals surface area contributed by atoms with E-state index in [0.717, 1.165) is 43.4 Å². The minimum atomic E-state index is -0.204. The van der Waals surface area contributed by atoms with Crippen LogP contribution in [0.4, 0.5) is 0 Å². The van der Waals surface area contributed by atoms with E-state index in [1.807, 2.05) is 12.1 Å². The van der Waals surface area contributed by atoms with Gasteiger partial charge in [0.25, 0.3) is 0 Å². The van der Waals surface area contributed by atoms with Crippen molar-refractivity contribution in [3.05, 3.63) is 52.2 Å². The third-order valence-corrected chi connectivity index (χ3v) is 6.54. The van der Waals surface area contributed by atoms with E-state index in [-0.39, 0.29) is 11.5 Å². The molecule has 2 fully saturated rings. The molecule has 0 radical (unpaired) electrons. The van der Waals surface area contributed by atoms with Crippen LogP contribution in [0.25, 0.3) is 0 Å². The summed E-state index contributed by atoms with van der Waals surface area (Å²) in [6.07, 6.45) is 4.79. The van der Waals surface area contributed by atoms with Crippen LogP contribution in [0.15, 0.2) is 41.1 Å². The summed E-state index contributed by atoms with van der Waals surface area (Å²) in [5.74, 6) is 1.25. The molecule has 1 saturated carbocycles. The number of nitrogens with zero attached hydrogens (tertiary/aromatic N) is 1. The second kappa shape index (κ2) is 8.88. The van der Waals surface area contributed by atoms with Gasteiger partial charge in [-0.15, -0.1) is 0 Å². The van der Waals surface area contributed by atoms with Gasteiger partial charge in [0.05, 0.1) is 12.2 Å². The van der Waals surface area contributed by atoms with Crippen LogP contribution in [0.5, 0.6) is 5.75 Å². The number of carbonyl (C=O) groups excluding carboxylic acids is 1. The van der Waals surface area contributed by atoms with E-state index in [0.29, 0.717) is 31.7 Å². The molecule has 1 saturated heterocycles.